The number of fused-ring (bicyclic) bond motifs is 2. The smallest absolute Gasteiger partial charge is 0.416 e. The van der Waals surface area contributed by atoms with Crippen molar-refractivity contribution in [2.45, 2.75) is 76.9 Å². The minimum atomic E-state index is -2.25. The van der Waals surface area contributed by atoms with Crippen molar-refractivity contribution in [2.75, 3.05) is 33.7 Å². The van der Waals surface area contributed by atoms with Crippen molar-refractivity contribution in [1.82, 2.24) is 4.90 Å². The van der Waals surface area contributed by atoms with Crippen LogP contribution in [0.5, 0.6) is 17.2 Å². The topological polar surface area (TPSA) is 83.5 Å². The van der Waals surface area contributed by atoms with E-state index in [1.807, 2.05) is 30.3 Å². The first-order valence-corrected chi connectivity index (χ1v) is 17.3. The number of hydrogen-bond acceptors (Lipinski definition) is 7. The second-order valence-electron chi connectivity index (χ2n) is 12.8. The summed E-state index contributed by atoms with van der Waals surface area (Å²) < 4.78 is 29.5. The Morgan fingerprint density at radius 3 is 2.07 bits per heavy atom. The summed E-state index contributed by atoms with van der Waals surface area (Å²) in [6.45, 7) is 16.9. The van der Waals surface area contributed by atoms with Crippen LogP contribution >= 0.6 is 0 Å². The molecule has 0 spiro atoms. The van der Waals surface area contributed by atoms with Crippen molar-refractivity contribution in [3.63, 3.8) is 0 Å². The summed E-state index contributed by atoms with van der Waals surface area (Å²) >= 11 is 0. The van der Waals surface area contributed by atoms with E-state index in [0.29, 0.717) is 29.0 Å². The molecular formula is C33H45NO7Si. The molecular weight excluding hydrogens is 550 g/mol. The van der Waals surface area contributed by atoms with E-state index >= 15 is 0 Å². The van der Waals surface area contributed by atoms with Crippen LogP contribution in [0.1, 0.15) is 77.0 Å². The lowest BCUT2D eigenvalue weighted by Crippen LogP contribution is -2.52. The number of hydrogen-bond donors (Lipinski definition) is 0. The first-order chi connectivity index (χ1) is 20.0. The van der Waals surface area contributed by atoms with Gasteiger partial charge in [-0.1, -0.05) is 60.6 Å². The fourth-order valence-corrected chi connectivity index (χ4v) is 13.4. The molecule has 0 aromatic heterocycles. The predicted molar refractivity (Wildman–Crippen MR) is 163 cm³/mol. The van der Waals surface area contributed by atoms with Gasteiger partial charge in [0.25, 0.3) is 0 Å². The number of methoxy groups -OCH3 is 1. The standard InChI is InChI=1S/C33H45NO7Si/c1-19(2)42(20(3)4,21(5)6)41-17-27-22(7)25-15-28-29(40-18-39-28)16-26(25)30(23-9-11-24(37-8)12-10-23)31(27)32(35)34-13-14-38-33(34)36/h9-12,15-16,19-22,27,30-31H,13-14,17-18H2,1-8H3/t22-,27+,30+,31+/m0/s1. The zero-order valence-corrected chi connectivity index (χ0v) is 27.1. The average molecular weight is 596 g/mol. The van der Waals surface area contributed by atoms with E-state index in [1.54, 1.807) is 7.11 Å². The Bertz CT molecular complexity index is 1290. The largest absolute Gasteiger partial charge is 0.497 e. The van der Waals surface area contributed by atoms with Gasteiger partial charge in [-0.15, -0.1) is 0 Å². The highest BCUT2D eigenvalue weighted by Crippen LogP contribution is 2.54. The predicted octanol–water partition coefficient (Wildman–Crippen LogP) is 7.08. The Labute approximate surface area is 250 Å². The summed E-state index contributed by atoms with van der Waals surface area (Å²) in [5, 5.41) is 0. The number of nitrogens with zero attached hydrogens (tertiary/aromatic N) is 1. The Morgan fingerprint density at radius 2 is 1.55 bits per heavy atom. The first-order valence-electron chi connectivity index (χ1n) is 15.2. The Kier molecular flexibility index (Phi) is 8.63. The highest BCUT2D eigenvalue weighted by Gasteiger charge is 2.52. The van der Waals surface area contributed by atoms with Gasteiger partial charge in [-0.3, -0.25) is 4.79 Å². The molecule has 4 atom stereocenters. The van der Waals surface area contributed by atoms with E-state index in [-0.39, 0.29) is 43.6 Å². The maximum atomic E-state index is 14.5. The zero-order chi connectivity index (χ0) is 30.3. The van der Waals surface area contributed by atoms with E-state index in [0.717, 1.165) is 28.2 Å². The molecule has 2 aromatic rings. The third kappa shape index (κ3) is 5.08. The maximum absolute atomic E-state index is 14.5. The summed E-state index contributed by atoms with van der Waals surface area (Å²) in [6.07, 6.45) is -0.576. The third-order valence-corrected chi connectivity index (χ3v) is 16.0. The highest BCUT2D eigenvalue weighted by atomic mass is 28.4. The van der Waals surface area contributed by atoms with Crippen LogP contribution in [0, 0.1) is 11.8 Å². The Balaban J connectivity index is 1.67. The molecule has 0 saturated carbocycles. The number of carbonyl (C=O) groups is 2. The number of cyclic esters (lactones) is 1. The molecule has 1 fully saturated rings. The van der Waals surface area contributed by atoms with Crippen LogP contribution in [-0.2, 0) is 14.0 Å². The molecule has 1 aliphatic carbocycles. The quantitative estimate of drug-likeness (QED) is 0.287. The van der Waals surface area contributed by atoms with Crippen LogP contribution in [0.15, 0.2) is 36.4 Å². The van der Waals surface area contributed by atoms with Gasteiger partial charge in [0, 0.05) is 18.4 Å². The lowest BCUT2D eigenvalue weighted by Gasteiger charge is -2.47. The second kappa shape index (κ2) is 11.9. The molecule has 3 aliphatic rings. The molecule has 9 heteroatoms. The molecule has 0 radical (unpaired) electrons. The SMILES string of the molecule is COc1ccc([C@@H]2c3cc4c(cc3[C@H](C)[C@@H](CO[Si](C(C)C)(C(C)C)C(C)C)[C@H]2C(=O)N2CCOC2=O)OCO4)cc1. The van der Waals surface area contributed by atoms with Crippen LogP contribution in [0.25, 0.3) is 0 Å². The maximum Gasteiger partial charge on any atom is 0.416 e. The van der Waals surface area contributed by atoms with Gasteiger partial charge in [0.15, 0.2) is 19.8 Å². The van der Waals surface area contributed by atoms with E-state index in [4.69, 9.17) is 23.4 Å². The van der Waals surface area contributed by atoms with Crippen molar-refractivity contribution in [3.8, 4) is 17.2 Å². The van der Waals surface area contributed by atoms with Gasteiger partial charge in [0.2, 0.25) is 12.7 Å². The molecule has 2 aromatic carbocycles. The molecule has 228 valence electrons. The van der Waals surface area contributed by atoms with Gasteiger partial charge < -0.3 is 23.4 Å². The fraction of sp³-hybridized carbons (Fsp3) is 0.576. The van der Waals surface area contributed by atoms with E-state index in [2.05, 4.69) is 54.5 Å². The molecule has 5 rings (SSSR count). The normalized spacial score (nSPS) is 23.5. The molecule has 2 amide bonds. The first kappa shape index (κ1) is 30.4. The minimum absolute atomic E-state index is 0.0326. The Morgan fingerprint density at radius 1 is 0.952 bits per heavy atom. The Hall–Kier alpha value is -3.04. The lowest BCUT2D eigenvalue weighted by molar-refractivity contribution is -0.135. The number of rotatable bonds is 9. The van der Waals surface area contributed by atoms with E-state index in [9.17, 15) is 9.59 Å². The average Bonchev–Trinajstić information content (AvgIpc) is 3.60. The van der Waals surface area contributed by atoms with Crippen LogP contribution < -0.4 is 14.2 Å². The van der Waals surface area contributed by atoms with E-state index in [1.165, 1.54) is 4.90 Å². The molecule has 42 heavy (non-hydrogen) atoms. The number of benzene rings is 2. The summed E-state index contributed by atoms with van der Waals surface area (Å²) in [5.74, 6) is 0.811. The number of amides is 2. The molecule has 1 saturated heterocycles. The molecule has 8 nitrogen and oxygen atoms in total. The molecule has 0 N–H and O–H groups in total. The van der Waals surface area contributed by atoms with Crippen molar-refractivity contribution >= 4 is 20.3 Å². The van der Waals surface area contributed by atoms with Crippen LogP contribution in [0.4, 0.5) is 4.79 Å². The summed E-state index contributed by atoms with van der Waals surface area (Å²) in [7, 11) is -0.611. The van der Waals surface area contributed by atoms with Gasteiger partial charge in [0.1, 0.15) is 12.4 Å². The van der Waals surface area contributed by atoms with Crippen molar-refractivity contribution < 1.29 is 33.0 Å². The van der Waals surface area contributed by atoms with Crippen molar-refractivity contribution in [3.05, 3.63) is 53.1 Å². The number of carbonyl (C=O) groups excluding carboxylic acids is 2. The zero-order valence-electron chi connectivity index (χ0n) is 26.1. The van der Waals surface area contributed by atoms with Crippen molar-refractivity contribution in [2.24, 2.45) is 11.8 Å². The molecule has 2 heterocycles. The van der Waals surface area contributed by atoms with Crippen LogP contribution in [-0.4, -0.2) is 58.9 Å². The van der Waals surface area contributed by atoms with Gasteiger partial charge in [-0.25, -0.2) is 9.69 Å². The van der Waals surface area contributed by atoms with Crippen LogP contribution in [0.3, 0.4) is 0 Å². The summed E-state index contributed by atoms with van der Waals surface area (Å²) in [6, 6.07) is 12.0. The number of imide groups is 1. The summed E-state index contributed by atoms with van der Waals surface area (Å²) in [5.41, 5.74) is 4.30. The van der Waals surface area contributed by atoms with Gasteiger partial charge in [0.05, 0.1) is 19.6 Å². The molecule has 0 bridgehead atoms. The van der Waals surface area contributed by atoms with Crippen molar-refractivity contribution in [1.29, 1.82) is 0 Å². The monoisotopic (exact) mass is 595 g/mol. The van der Waals surface area contributed by atoms with E-state index < -0.39 is 20.3 Å². The highest BCUT2D eigenvalue weighted by molar-refractivity contribution is 6.77. The van der Waals surface area contributed by atoms with Crippen LogP contribution in [0.2, 0.25) is 16.6 Å². The minimum Gasteiger partial charge on any atom is -0.497 e. The third-order valence-electron chi connectivity index (χ3n) is 9.89. The van der Waals surface area contributed by atoms with Gasteiger partial charge in [-0.2, -0.15) is 0 Å². The molecule has 0 unspecified atom stereocenters. The fourth-order valence-electron chi connectivity index (χ4n) is 7.91. The lowest BCUT2D eigenvalue weighted by atomic mass is 9.62. The van der Waals surface area contributed by atoms with Gasteiger partial charge in [-0.05, 0) is 63.5 Å². The summed E-state index contributed by atoms with van der Waals surface area (Å²) in [4.78, 5) is 28.6. The second-order valence-corrected chi connectivity index (χ2v) is 18.3. The number of ether oxygens (including phenoxy) is 4. The van der Waals surface area contributed by atoms with Gasteiger partial charge >= 0.3 is 6.09 Å². The molecule has 2 aliphatic heterocycles.